The first-order chi connectivity index (χ1) is 13.1. The molecule has 27 heavy (non-hydrogen) atoms. The van der Waals surface area contributed by atoms with Crippen molar-refractivity contribution < 1.29 is 23.7 Å². The van der Waals surface area contributed by atoms with Gasteiger partial charge in [0.25, 0.3) is 0 Å². The first-order valence-corrected chi connectivity index (χ1v) is 9.05. The fourth-order valence-electron chi connectivity index (χ4n) is 2.63. The van der Waals surface area contributed by atoms with Gasteiger partial charge in [0.1, 0.15) is 17.3 Å². The number of Topliss-reactive ketones (excluding diaryl/α,β-unsaturated/α-hetero) is 1. The van der Waals surface area contributed by atoms with Crippen LogP contribution in [0, 0.1) is 0 Å². The topological polar surface area (TPSA) is 54.0 Å². The third-order valence-corrected chi connectivity index (χ3v) is 4.17. The zero-order valence-corrected chi connectivity index (χ0v) is 16.3. The quantitative estimate of drug-likeness (QED) is 0.523. The molecule has 0 radical (unpaired) electrons. The second-order valence-corrected chi connectivity index (χ2v) is 6.38. The number of hydrogen-bond acceptors (Lipinski definition) is 5. The van der Waals surface area contributed by atoms with Gasteiger partial charge in [-0.3, -0.25) is 4.79 Å². The molecule has 5 nitrogen and oxygen atoms in total. The van der Waals surface area contributed by atoms with Crippen molar-refractivity contribution in [3.05, 3.63) is 59.7 Å². The molecular formula is C22H28O5. The number of rotatable bonds is 12. The summed E-state index contributed by atoms with van der Waals surface area (Å²) in [6, 6.07) is 15.5. The summed E-state index contributed by atoms with van der Waals surface area (Å²) < 4.78 is 22.0. The summed E-state index contributed by atoms with van der Waals surface area (Å²) in [5.41, 5.74) is 2.13. The van der Waals surface area contributed by atoms with Gasteiger partial charge in [0.05, 0.1) is 33.5 Å². The molecule has 0 aromatic heterocycles. The number of benzene rings is 2. The van der Waals surface area contributed by atoms with E-state index in [1.165, 1.54) is 0 Å². The van der Waals surface area contributed by atoms with Crippen molar-refractivity contribution in [1.82, 2.24) is 0 Å². The molecule has 2 aromatic rings. The summed E-state index contributed by atoms with van der Waals surface area (Å²) in [5.74, 6) is 1.75. The van der Waals surface area contributed by atoms with E-state index in [4.69, 9.17) is 18.9 Å². The Hall–Kier alpha value is -2.37. The molecule has 5 heteroatoms. The van der Waals surface area contributed by atoms with Gasteiger partial charge in [-0.15, -0.1) is 0 Å². The summed E-state index contributed by atoms with van der Waals surface area (Å²) in [4.78, 5) is 11.5. The molecule has 0 heterocycles. The fraction of sp³-hybridized carbons (Fsp3) is 0.409. The standard InChI is InChI=1S/C22H28O5/c1-17(23)14-22(27-16-19-6-10-21(25-3)11-7-19)12-13-26-15-18-4-8-20(24-2)9-5-18/h4-11,22H,12-16H2,1-3H3/t22-/m1/s1. The minimum Gasteiger partial charge on any atom is -0.497 e. The Morgan fingerprint density at radius 3 is 1.85 bits per heavy atom. The molecular weight excluding hydrogens is 344 g/mol. The molecule has 0 aliphatic heterocycles. The van der Waals surface area contributed by atoms with Crippen molar-refractivity contribution in [2.24, 2.45) is 0 Å². The number of ketones is 1. The van der Waals surface area contributed by atoms with Crippen LogP contribution in [0.2, 0.25) is 0 Å². The van der Waals surface area contributed by atoms with E-state index in [1.54, 1.807) is 21.1 Å². The molecule has 0 saturated heterocycles. The van der Waals surface area contributed by atoms with Crippen molar-refractivity contribution >= 4 is 5.78 Å². The van der Waals surface area contributed by atoms with Gasteiger partial charge in [-0.2, -0.15) is 0 Å². The average molecular weight is 372 g/mol. The molecule has 0 bridgehead atoms. The van der Waals surface area contributed by atoms with Crippen LogP contribution in [0.15, 0.2) is 48.5 Å². The zero-order chi connectivity index (χ0) is 19.5. The van der Waals surface area contributed by atoms with Crippen LogP contribution in [0.4, 0.5) is 0 Å². The van der Waals surface area contributed by atoms with Crippen LogP contribution in [0.5, 0.6) is 11.5 Å². The minimum absolute atomic E-state index is 0.116. The largest absolute Gasteiger partial charge is 0.497 e. The van der Waals surface area contributed by atoms with Gasteiger partial charge in [0.15, 0.2) is 0 Å². The van der Waals surface area contributed by atoms with E-state index in [2.05, 4.69) is 0 Å². The zero-order valence-electron chi connectivity index (χ0n) is 16.3. The van der Waals surface area contributed by atoms with E-state index in [1.807, 2.05) is 48.5 Å². The lowest BCUT2D eigenvalue weighted by Gasteiger charge is -2.17. The normalized spacial score (nSPS) is 11.8. The molecule has 1 atom stereocenters. The van der Waals surface area contributed by atoms with E-state index in [0.29, 0.717) is 32.7 Å². The number of carbonyl (C=O) groups excluding carboxylic acids is 1. The van der Waals surface area contributed by atoms with Crippen molar-refractivity contribution in [2.45, 2.75) is 39.1 Å². The fourth-order valence-corrected chi connectivity index (χ4v) is 2.63. The Morgan fingerprint density at radius 1 is 0.852 bits per heavy atom. The van der Waals surface area contributed by atoms with Crippen LogP contribution >= 0.6 is 0 Å². The molecule has 146 valence electrons. The lowest BCUT2D eigenvalue weighted by Crippen LogP contribution is -2.19. The van der Waals surface area contributed by atoms with E-state index in [0.717, 1.165) is 22.6 Å². The minimum atomic E-state index is -0.152. The summed E-state index contributed by atoms with van der Waals surface area (Å²) in [7, 11) is 3.28. The molecule has 0 spiro atoms. The van der Waals surface area contributed by atoms with Gasteiger partial charge >= 0.3 is 0 Å². The van der Waals surface area contributed by atoms with E-state index >= 15 is 0 Å². The van der Waals surface area contributed by atoms with Crippen LogP contribution in [0.1, 0.15) is 30.9 Å². The maximum Gasteiger partial charge on any atom is 0.132 e. The van der Waals surface area contributed by atoms with E-state index in [9.17, 15) is 4.79 Å². The van der Waals surface area contributed by atoms with E-state index < -0.39 is 0 Å². The van der Waals surface area contributed by atoms with Crippen LogP contribution in [0.25, 0.3) is 0 Å². The van der Waals surface area contributed by atoms with Gasteiger partial charge in [0, 0.05) is 13.0 Å². The molecule has 0 fully saturated rings. The van der Waals surface area contributed by atoms with Crippen molar-refractivity contribution in [1.29, 1.82) is 0 Å². The van der Waals surface area contributed by atoms with Gasteiger partial charge in [-0.05, 0) is 48.7 Å². The summed E-state index contributed by atoms with van der Waals surface area (Å²) >= 11 is 0. The smallest absolute Gasteiger partial charge is 0.132 e. The Kier molecular flexibility index (Phi) is 8.81. The first-order valence-electron chi connectivity index (χ1n) is 9.05. The predicted molar refractivity (Wildman–Crippen MR) is 104 cm³/mol. The average Bonchev–Trinajstić information content (AvgIpc) is 2.69. The maximum absolute atomic E-state index is 11.5. The molecule has 0 aliphatic carbocycles. The Labute approximate surface area is 161 Å². The monoisotopic (exact) mass is 372 g/mol. The molecule has 2 aromatic carbocycles. The predicted octanol–water partition coefficient (Wildman–Crippen LogP) is 4.18. The second kappa shape index (κ2) is 11.4. The van der Waals surface area contributed by atoms with Crippen molar-refractivity contribution in [3.63, 3.8) is 0 Å². The van der Waals surface area contributed by atoms with Crippen LogP contribution in [-0.2, 0) is 27.5 Å². The van der Waals surface area contributed by atoms with Gasteiger partial charge < -0.3 is 18.9 Å². The number of methoxy groups -OCH3 is 2. The lowest BCUT2D eigenvalue weighted by molar-refractivity contribution is -0.120. The van der Waals surface area contributed by atoms with Crippen LogP contribution in [-0.4, -0.2) is 32.7 Å². The van der Waals surface area contributed by atoms with Crippen molar-refractivity contribution in [3.8, 4) is 11.5 Å². The first kappa shape index (κ1) is 20.9. The Morgan fingerprint density at radius 2 is 1.37 bits per heavy atom. The second-order valence-electron chi connectivity index (χ2n) is 6.38. The molecule has 0 amide bonds. The Balaban J connectivity index is 1.76. The summed E-state index contributed by atoms with van der Waals surface area (Å²) in [6.45, 7) is 3.10. The summed E-state index contributed by atoms with van der Waals surface area (Å²) in [6.07, 6.45) is 0.911. The molecule has 0 saturated carbocycles. The van der Waals surface area contributed by atoms with Gasteiger partial charge in [-0.25, -0.2) is 0 Å². The van der Waals surface area contributed by atoms with Gasteiger partial charge in [-0.1, -0.05) is 24.3 Å². The molecule has 0 aliphatic rings. The third-order valence-electron chi connectivity index (χ3n) is 4.17. The van der Waals surface area contributed by atoms with E-state index in [-0.39, 0.29) is 11.9 Å². The number of hydrogen-bond donors (Lipinski definition) is 0. The van der Waals surface area contributed by atoms with Crippen molar-refractivity contribution in [2.75, 3.05) is 20.8 Å². The highest BCUT2D eigenvalue weighted by Crippen LogP contribution is 2.15. The maximum atomic E-state index is 11.5. The SMILES string of the molecule is COc1ccc(COCC[C@H](CC(C)=O)OCc2ccc(OC)cc2)cc1. The highest BCUT2D eigenvalue weighted by molar-refractivity contribution is 5.75. The van der Waals surface area contributed by atoms with Crippen LogP contribution in [0.3, 0.4) is 0 Å². The highest BCUT2D eigenvalue weighted by atomic mass is 16.5. The third kappa shape index (κ3) is 7.81. The number of carbonyl (C=O) groups is 1. The van der Waals surface area contributed by atoms with Crippen LogP contribution < -0.4 is 9.47 Å². The molecule has 0 unspecified atom stereocenters. The summed E-state index contributed by atoms with van der Waals surface area (Å²) in [5, 5.41) is 0. The highest BCUT2D eigenvalue weighted by Gasteiger charge is 2.12. The Bertz CT molecular complexity index is 679. The lowest BCUT2D eigenvalue weighted by atomic mass is 10.1. The molecule has 2 rings (SSSR count). The molecule has 0 N–H and O–H groups in total. The van der Waals surface area contributed by atoms with Gasteiger partial charge in [0.2, 0.25) is 0 Å². The number of ether oxygens (including phenoxy) is 4.